The van der Waals surface area contributed by atoms with E-state index in [2.05, 4.69) is 78.9 Å². The van der Waals surface area contributed by atoms with Crippen molar-refractivity contribution < 1.29 is 4.79 Å². The normalized spacial score (nSPS) is 13.2. The van der Waals surface area contributed by atoms with Gasteiger partial charge in [-0.3, -0.25) is 0 Å². The van der Waals surface area contributed by atoms with E-state index in [0.717, 1.165) is 12.8 Å². The van der Waals surface area contributed by atoms with Gasteiger partial charge in [0.15, 0.2) is 0 Å². The molecule has 4 nitrogen and oxygen atoms in total. The van der Waals surface area contributed by atoms with E-state index in [1.54, 1.807) is 17.4 Å². The van der Waals surface area contributed by atoms with Gasteiger partial charge in [0.05, 0.1) is 0 Å². The van der Waals surface area contributed by atoms with Gasteiger partial charge in [-0.15, -0.1) is 6.58 Å². The first-order valence-electron chi connectivity index (χ1n) is 9.37. The molecule has 2 aromatic rings. The third kappa shape index (κ3) is 7.19. The minimum atomic E-state index is -0.0301. The molecule has 2 atom stereocenters. The fourth-order valence-electron chi connectivity index (χ4n) is 3.06. The molecule has 2 amide bonds. The number of hydrogen-bond donors (Lipinski definition) is 1. The number of rotatable bonds is 10. The third-order valence-corrected chi connectivity index (χ3v) is 5.34. The molecule has 0 spiro atoms. The largest absolute Gasteiger partial charge is 0.335 e. The van der Waals surface area contributed by atoms with E-state index in [1.165, 1.54) is 11.1 Å². The first kappa shape index (κ1) is 21.2. The van der Waals surface area contributed by atoms with Crippen LogP contribution in [0.2, 0.25) is 0 Å². The molecule has 0 aliphatic carbocycles. The third-order valence-electron chi connectivity index (χ3n) is 4.60. The van der Waals surface area contributed by atoms with Crippen molar-refractivity contribution in [3.05, 3.63) is 70.9 Å². The van der Waals surface area contributed by atoms with Crippen molar-refractivity contribution in [2.45, 2.75) is 31.8 Å². The van der Waals surface area contributed by atoms with Crippen LogP contribution in [0.15, 0.2) is 59.8 Å². The Morgan fingerprint density at radius 3 is 2.52 bits per heavy atom. The van der Waals surface area contributed by atoms with Gasteiger partial charge >= 0.3 is 6.03 Å². The summed E-state index contributed by atoms with van der Waals surface area (Å²) in [6, 6.07) is 12.8. The number of likely N-dealkylation sites (N-methyl/N-ethyl adjacent to an activating group) is 1. The molecule has 1 N–H and O–H groups in total. The lowest BCUT2D eigenvalue weighted by Gasteiger charge is -2.32. The van der Waals surface area contributed by atoms with E-state index in [9.17, 15) is 4.79 Å². The van der Waals surface area contributed by atoms with Crippen molar-refractivity contribution >= 4 is 17.4 Å². The Balaban J connectivity index is 1.98. The predicted octanol–water partition coefficient (Wildman–Crippen LogP) is 4.05. The van der Waals surface area contributed by atoms with E-state index in [0.29, 0.717) is 13.1 Å². The Hall–Kier alpha value is -2.11. The molecule has 0 bridgehead atoms. The van der Waals surface area contributed by atoms with Crippen LogP contribution in [0.4, 0.5) is 4.79 Å². The molecule has 5 heteroatoms. The highest BCUT2D eigenvalue weighted by Gasteiger charge is 2.21. The maximum absolute atomic E-state index is 12.8. The number of nitrogens with one attached hydrogen (secondary N) is 1. The van der Waals surface area contributed by atoms with Gasteiger partial charge < -0.3 is 15.1 Å². The Bertz CT molecular complexity index is 685. The van der Waals surface area contributed by atoms with E-state index >= 15 is 0 Å². The van der Waals surface area contributed by atoms with E-state index in [-0.39, 0.29) is 18.1 Å². The highest BCUT2D eigenvalue weighted by atomic mass is 32.1. The van der Waals surface area contributed by atoms with Crippen molar-refractivity contribution in [1.82, 2.24) is 15.1 Å². The lowest BCUT2D eigenvalue weighted by atomic mass is 10.0. The van der Waals surface area contributed by atoms with Crippen LogP contribution in [0.3, 0.4) is 0 Å². The summed E-state index contributed by atoms with van der Waals surface area (Å²) in [5.74, 6) is 0. The molecule has 0 aliphatic rings. The number of carbonyl (C=O) groups is 1. The van der Waals surface area contributed by atoms with E-state index in [1.807, 2.05) is 11.0 Å². The summed E-state index contributed by atoms with van der Waals surface area (Å²) in [5, 5.41) is 7.34. The number of urea groups is 1. The van der Waals surface area contributed by atoms with Crippen LogP contribution in [0.25, 0.3) is 0 Å². The molecule has 1 aromatic carbocycles. The van der Waals surface area contributed by atoms with Crippen LogP contribution in [0.5, 0.6) is 0 Å². The summed E-state index contributed by atoms with van der Waals surface area (Å²) in [6.45, 7) is 7.07. The maximum Gasteiger partial charge on any atom is 0.317 e. The SMILES string of the molecule is C=CCN(C[C@H](Cc1ccccc1)N(C)C)C(=O)N[C@H](C)Cc1ccsc1. The summed E-state index contributed by atoms with van der Waals surface area (Å²) in [7, 11) is 4.13. The second kappa shape index (κ2) is 10.9. The highest BCUT2D eigenvalue weighted by molar-refractivity contribution is 7.07. The number of nitrogens with zero attached hydrogens (tertiary/aromatic N) is 2. The second-order valence-electron chi connectivity index (χ2n) is 7.19. The zero-order chi connectivity index (χ0) is 19.6. The van der Waals surface area contributed by atoms with Crippen molar-refractivity contribution in [3.8, 4) is 0 Å². The quantitative estimate of drug-likeness (QED) is 0.626. The van der Waals surface area contributed by atoms with Crippen LogP contribution in [0.1, 0.15) is 18.1 Å². The monoisotopic (exact) mass is 385 g/mol. The second-order valence-corrected chi connectivity index (χ2v) is 7.97. The molecular weight excluding hydrogens is 354 g/mol. The molecule has 27 heavy (non-hydrogen) atoms. The summed E-state index contributed by atoms with van der Waals surface area (Å²) in [6.07, 6.45) is 3.54. The fourth-order valence-corrected chi connectivity index (χ4v) is 3.74. The Morgan fingerprint density at radius 2 is 1.93 bits per heavy atom. The van der Waals surface area contributed by atoms with Gasteiger partial charge in [0.25, 0.3) is 0 Å². The summed E-state index contributed by atoms with van der Waals surface area (Å²) in [4.78, 5) is 16.9. The molecule has 146 valence electrons. The van der Waals surface area contributed by atoms with Gasteiger partial charge in [-0.05, 0) is 61.8 Å². The van der Waals surface area contributed by atoms with Gasteiger partial charge in [-0.25, -0.2) is 4.79 Å². The smallest absolute Gasteiger partial charge is 0.317 e. The van der Waals surface area contributed by atoms with E-state index < -0.39 is 0 Å². The molecule has 2 rings (SSSR count). The molecular formula is C22H31N3OS. The number of benzene rings is 1. The minimum Gasteiger partial charge on any atom is -0.335 e. The van der Waals surface area contributed by atoms with E-state index in [4.69, 9.17) is 0 Å². The zero-order valence-electron chi connectivity index (χ0n) is 16.6. The van der Waals surface area contributed by atoms with Gasteiger partial charge in [-0.1, -0.05) is 36.4 Å². The van der Waals surface area contributed by atoms with Crippen LogP contribution in [-0.2, 0) is 12.8 Å². The van der Waals surface area contributed by atoms with Crippen molar-refractivity contribution in [3.63, 3.8) is 0 Å². The predicted molar refractivity (Wildman–Crippen MR) is 115 cm³/mol. The number of hydrogen-bond acceptors (Lipinski definition) is 3. The zero-order valence-corrected chi connectivity index (χ0v) is 17.4. The molecule has 0 radical (unpaired) electrons. The lowest BCUT2D eigenvalue weighted by Crippen LogP contribution is -2.50. The molecule has 0 aliphatic heterocycles. The number of thiophene rings is 1. The average Bonchev–Trinajstić information content (AvgIpc) is 3.14. The number of carbonyl (C=O) groups excluding carboxylic acids is 1. The Morgan fingerprint density at radius 1 is 1.19 bits per heavy atom. The molecule has 0 saturated heterocycles. The van der Waals surface area contributed by atoms with Crippen molar-refractivity contribution in [1.29, 1.82) is 0 Å². The molecule has 0 fully saturated rings. The average molecular weight is 386 g/mol. The number of amides is 2. The maximum atomic E-state index is 12.8. The fraction of sp³-hybridized carbons (Fsp3) is 0.409. The molecule has 0 saturated carbocycles. The van der Waals surface area contributed by atoms with Gasteiger partial charge in [0.2, 0.25) is 0 Å². The summed E-state index contributed by atoms with van der Waals surface area (Å²) >= 11 is 1.69. The first-order valence-corrected chi connectivity index (χ1v) is 10.3. The molecule has 1 aromatic heterocycles. The van der Waals surface area contributed by atoms with Crippen LogP contribution < -0.4 is 5.32 Å². The molecule has 1 heterocycles. The molecule has 0 unspecified atom stereocenters. The van der Waals surface area contributed by atoms with Crippen molar-refractivity contribution in [2.24, 2.45) is 0 Å². The van der Waals surface area contributed by atoms with Gasteiger partial charge in [0.1, 0.15) is 0 Å². The highest BCUT2D eigenvalue weighted by Crippen LogP contribution is 2.11. The van der Waals surface area contributed by atoms with Crippen molar-refractivity contribution in [2.75, 3.05) is 27.2 Å². The summed E-state index contributed by atoms with van der Waals surface area (Å²) in [5.41, 5.74) is 2.54. The lowest BCUT2D eigenvalue weighted by molar-refractivity contribution is 0.174. The van der Waals surface area contributed by atoms with Crippen LogP contribution in [0, 0.1) is 0 Å². The standard InChI is InChI=1S/C22H31N3OS/c1-5-12-25(22(26)23-18(2)14-20-11-13-27-17-20)16-21(24(3)4)15-19-9-7-6-8-10-19/h5-11,13,17-18,21H,1,12,14-16H2,2-4H3,(H,23,26)/t18-,21+/m1/s1. The minimum absolute atomic E-state index is 0.0301. The van der Waals surface area contributed by atoms with Gasteiger partial charge in [0, 0.05) is 25.2 Å². The topological polar surface area (TPSA) is 35.6 Å². The van der Waals surface area contributed by atoms with Crippen LogP contribution >= 0.6 is 11.3 Å². The Kier molecular flexibility index (Phi) is 8.55. The summed E-state index contributed by atoms with van der Waals surface area (Å²) < 4.78 is 0. The Labute approximate surface area is 167 Å². The first-order chi connectivity index (χ1) is 13.0. The van der Waals surface area contributed by atoms with Crippen LogP contribution in [-0.4, -0.2) is 55.1 Å². The van der Waals surface area contributed by atoms with Gasteiger partial charge in [-0.2, -0.15) is 11.3 Å².